The molecule has 1 rings (SSSR count). The summed E-state index contributed by atoms with van der Waals surface area (Å²) in [7, 11) is 1.66. The Labute approximate surface area is 103 Å². The predicted molar refractivity (Wildman–Crippen MR) is 69.1 cm³/mol. The Hall–Kier alpha value is -1.50. The molecule has 1 aromatic carbocycles. The van der Waals surface area contributed by atoms with Gasteiger partial charge in [0.1, 0.15) is 11.9 Å². The van der Waals surface area contributed by atoms with Crippen LogP contribution in [0.4, 0.5) is 0 Å². The molecule has 0 bridgehead atoms. The molecule has 0 aromatic heterocycles. The van der Waals surface area contributed by atoms with E-state index in [1.165, 1.54) is 0 Å². The van der Waals surface area contributed by atoms with Crippen molar-refractivity contribution in [1.29, 1.82) is 0 Å². The molecule has 0 saturated carbocycles. The average Bonchev–Trinajstić information content (AvgIpc) is 2.28. The molecular formula is C14H19NO2. The van der Waals surface area contributed by atoms with E-state index in [2.05, 4.69) is 11.8 Å². The van der Waals surface area contributed by atoms with E-state index in [9.17, 15) is 0 Å². The second kappa shape index (κ2) is 6.95. The standard InChI is InChI=1S/C14H19NO2/c1-11-9-14(17-12(2)10-16-3)7-6-13(11)5-4-8-15/h6-7,9,12H,8,10,15H2,1-3H3. The SMILES string of the molecule is COCC(C)Oc1ccc(C#CCN)c(C)c1. The molecule has 1 atom stereocenters. The monoisotopic (exact) mass is 233 g/mol. The number of benzene rings is 1. The molecule has 1 aromatic rings. The van der Waals surface area contributed by atoms with E-state index in [0.29, 0.717) is 13.2 Å². The van der Waals surface area contributed by atoms with Gasteiger partial charge in [-0.05, 0) is 37.6 Å². The van der Waals surface area contributed by atoms with E-state index >= 15 is 0 Å². The van der Waals surface area contributed by atoms with Gasteiger partial charge >= 0.3 is 0 Å². The zero-order chi connectivity index (χ0) is 12.7. The summed E-state index contributed by atoms with van der Waals surface area (Å²) in [6.07, 6.45) is 0.0420. The summed E-state index contributed by atoms with van der Waals surface area (Å²) in [6.45, 7) is 4.94. The number of methoxy groups -OCH3 is 1. The molecule has 0 spiro atoms. The van der Waals surface area contributed by atoms with Crippen LogP contribution in [-0.2, 0) is 4.74 Å². The predicted octanol–water partition coefficient (Wildman–Crippen LogP) is 1.72. The topological polar surface area (TPSA) is 44.5 Å². The second-order valence-electron chi connectivity index (χ2n) is 3.87. The lowest BCUT2D eigenvalue weighted by Gasteiger charge is -2.14. The summed E-state index contributed by atoms with van der Waals surface area (Å²) in [5.41, 5.74) is 7.42. The van der Waals surface area contributed by atoms with Crippen molar-refractivity contribution < 1.29 is 9.47 Å². The first-order valence-corrected chi connectivity index (χ1v) is 5.62. The number of hydrogen-bond acceptors (Lipinski definition) is 3. The molecule has 0 radical (unpaired) electrons. The van der Waals surface area contributed by atoms with Crippen LogP contribution in [-0.4, -0.2) is 26.4 Å². The summed E-state index contributed by atoms with van der Waals surface area (Å²) in [6, 6.07) is 5.85. The highest BCUT2D eigenvalue weighted by Crippen LogP contribution is 2.17. The molecule has 0 heterocycles. The fourth-order valence-electron chi connectivity index (χ4n) is 1.50. The summed E-state index contributed by atoms with van der Waals surface area (Å²) in [5.74, 6) is 6.70. The highest BCUT2D eigenvalue weighted by atomic mass is 16.5. The normalized spacial score (nSPS) is 11.5. The van der Waals surface area contributed by atoms with Crippen molar-refractivity contribution in [1.82, 2.24) is 0 Å². The Morgan fingerprint density at radius 3 is 2.76 bits per heavy atom. The van der Waals surface area contributed by atoms with E-state index in [1.807, 2.05) is 32.0 Å². The van der Waals surface area contributed by atoms with Crippen molar-refractivity contribution in [2.45, 2.75) is 20.0 Å². The Morgan fingerprint density at radius 2 is 2.18 bits per heavy atom. The molecule has 0 aliphatic rings. The zero-order valence-electron chi connectivity index (χ0n) is 10.6. The van der Waals surface area contributed by atoms with Crippen molar-refractivity contribution in [3.8, 4) is 17.6 Å². The van der Waals surface area contributed by atoms with Gasteiger partial charge < -0.3 is 15.2 Å². The molecule has 3 nitrogen and oxygen atoms in total. The van der Waals surface area contributed by atoms with E-state index in [1.54, 1.807) is 7.11 Å². The molecule has 2 N–H and O–H groups in total. The van der Waals surface area contributed by atoms with Crippen molar-refractivity contribution in [2.24, 2.45) is 5.73 Å². The molecule has 0 saturated heterocycles. The molecule has 92 valence electrons. The van der Waals surface area contributed by atoms with E-state index in [0.717, 1.165) is 16.9 Å². The largest absolute Gasteiger partial charge is 0.488 e. The van der Waals surface area contributed by atoms with Gasteiger partial charge in [0, 0.05) is 12.7 Å². The van der Waals surface area contributed by atoms with E-state index in [-0.39, 0.29) is 6.10 Å². The van der Waals surface area contributed by atoms with Crippen LogP contribution >= 0.6 is 0 Å². The van der Waals surface area contributed by atoms with Crippen LogP contribution < -0.4 is 10.5 Å². The summed E-state index contributed by atoms with van der Waals surface area (Å²) >= 11 is 0. The number of rotatable bonds is 4. The van der Waals surface area contributed by atoms with Crippen molar-refractivity contribution in [3.63, 3.8) is 0 Å². The fraction of sp³-hybridized carbons (Fsp3) is 0.429. The van der Waals surface area contributed by atoms with Gasteiger partial charge in [-0.25, -0.2) is 0 Å². The van der Waals surface area contributed by atoms with Crippen molar-refractivity contribution in [2.75, 3.05) is 20.3 Å². The summed E-state index contributed by atoms with van der Waals surface area (Å²) in [4.78, 5) is 0. The van der Waals surface area contributed by atoms with Crippen LogP contribution in [0.3, 0.4) is 0 Å². The molecule has 17 heavy (non-hydrogen) atoms. The molecule has 0 amide bonds. The second-order valence-corrected chi connectivity index (χ2v) is 3.87. The fourth-order valence-corrected chi connectivity index (χ4v) is 1.50. The minimum absolute atomic E-state index is 0.0420. The van der Waals surface area contributed by atoms with E-state index in [4.69, 9.17) is 15.2 Å². The van der Waals surface area contributed by atoms with Crippen LogP contribution in [0.25, 0.3) is 0 Å². The minimum Gasteiger partial charge on any atom is -0.488 e. The average molecular weight is 233 g/mol. The van der Waals surface area contributed by atoms with Crippen molar-refractivity contribution in [3.05, 3.63) is 29.3 Å². The van der Waals surface area contributed by atoms with Crippen LogP contribution in [0.5, 0.6) is 5.75 Å². The Morgan fingerprint density at radius 1 is 1.41 bits per heavy atom. The Kier molecular flexibility index (Phi) is 5.55. The molecule has 1 unspecified atom stereocenters. The first-order valence-electron chi connectivity index (χ1n) is 5.62. The van der Waals surface area contributed by atoms with Crippen LogP contribution in [0.15, 0.2) is 18.2 Å². The third-order valence-corrected chi connectivity index (χ3v) is 2.26. The lowest BCUT2D eigenvalue weighted by molar-refractivity contribution is 0.0920. The van der Waals surface area contributed by atoms with E-state index < -0.39 is 0 Å². The lowest BCUT2D eigenvalue weighted by Crippen LogP contribution is -2.17. The highest BCUT2D eigenvalue weighted by molar-refractivity contribution is 5.44. The summed E-state index contributed by atoms with van der Waals surface area (Å²) < 4.78 is 10.7. The molecular weight excluding hydrogens is 214 g/mol. The maximum atomic E-state index is 5.70. The van der Waals surface area contributed by atoms with Crippen LogP contribution in [0.2, 0.25) is 0 Å². The van der Waals surface area contributed by atoms with Crippen LogP contribution in [0.1, 0.15) is 18.1 Å². The quantitative estimate of drug-likeness (QED) is 0.805. The first-order chi connectivity index (χ1) is 8.17. The molecule has 0 aliphatic carbocycles. The van der Waals surface area contributed by atoms with Gasteiger partial charge in [-0.3, -0.25) is 0 Å². The highest BCUT2D eigenvalue weighted by Gasteiger charge is 2.04. The Balaban J connectivity index is 2.75. The zero-order valence-corrected chi connectivity index (χ0v) is 10.6. The summed E-state index contributed by atoms with van der Waals surface area (Å²) in [5, 5.41) is 0. The first kappa shape index (κ1) is 13.6. The van der Waals surface area contributed by atoms with Gasteiger partial charge in [0.05, 0.1) is 13.2 Å². The molecule has 0 fully saturated rings. The third-order valence-electron chi connectivity index (χ3n) is 2.26. The lowest BCUT2D eigenvalue weighted by atomic mass is 10.1. The maximum absolute atomic E-state index is 5.70. The molecule has 0 aliphatic heterocycles. The third kappa shape index (κ3) is 4.48. The van der Waals surface area contributed by atoms with Crippen molar-refractivity contribution >= 4 is 0 Å². The minimum atomic E-state index is 0.0420. The van der Waals surface area contributed by atoms with Gasteiger partial charge in [-0.15, -0.1) is 0 Å². The van der Waals surface area contributed by atoms with Gasteiger partial charge in [-0.2, -0.15) is 0 Å². The van der Waals surface area contributed by atoms with Gasteiger partial charge in [0.15, 0.2) is 0 Å². The van der Waals surface area contributed by atoms with Gasteiger partial charge in [0.2, 0.25) is 0 Å². The number of ether oxygens (including phenoxy) is 2. The number of aryl methyl sites for hydroxylation is 1. The number of hydrogen-bond donors (Lipinski definition) is 1. The maximum Gasteiger partial charge on any atom is 0.120 e. The number of nitrogens with two attached hydrogens (primary N) is 1. The molecule has 3 heteroatoms. The Bertz CT molecular complexity index is 418. The van der Waals surface area contributed by atoms with Crippen LogP contribution in [0, 0.1) is 18.8 Å². The smallest absolute Gasteiger partial charge is 0.120 e. The van der Waals surface area contributed by atoms with Gasteiger partial charge in [0.25, 0.3) is 0 Å². The van der Waals surface area contributed by atoms with Gasteiger partial charge in [-0.1, -0.05) is 11.8 Å².